The van der Waals surface area contributed by atoms with Gasteiger partial charge >= 0.3 is 0 Å². The molecule has 0 aliphatic carbocycles. The third-order valence-corrected chi connectivity index (χ3v) is 4.54. The van der Waals surface area contributed by atoms with Crippen LogP contribution in [0.5, 0.6) is 0 Å². The summed E-state index contributed by atoms with van der Waals surface area (Å²) in [6, 6.07) is 14.7. The first-order valence-corrected chi connectivity index (χ1v) is 7.77. The maximum absolute atomic E-state index is 12.4. The Morgan fingerprint density at radius 1 is 1.18 bits per heavy atom. The van der Waals surface area contributed by atoms with Crippen LogP contribution < -0.4 is 10.2 Å². The molecular weight excluding hydrogens is 272 g/mol. The minimum atomic E-state index is 0.0391. The molecule has 0 fully saturated rings. The van der Waals surface area contributed by atoms with Gasteiger partial charge in [-0.25, -0.2) is 0 Å². The molecule has 0 saturated carbocycles. The normalized spacial score (nSPS) is 16.5. The van der Waals surface area contributed by atoms with E-state index in [1.54, 1.807) is 0 Å². The Kier molecular flexibility index (Phi) is 3.88. The van der Waals surface area contributed by atoms with Gasteiger partial charge in [-0.1, -0.05) is 30.3 Å². The van der Waals surface area contributed by atoms with Crippen molar-refractivity contribution in [3.8, 4) is 0 Å². The Bertz CT molecular complexity index is 708. The third kappa shape index (κ3) is 2.71. The van der Waals surface area contributed by atoms with Gasteiger partial charge in [-0.3, -0.25) is 4.79 Å². The summed E-state index contributed by atoms with van der Waals surface area (Å²) in [6.07, 6.45) is 1.01. The quantitative estimate of drug-likeness (QED) is 0.936. The number of rotatable bonds is 3. The molecule has 22 heavy (non-hydrogen) atoms. The number of fused-ring (bicyclic) bond motifs is 1. The zero-order valence-electron chi connectivity index (χ0n) is 13.4. The number of benzene rings is 2. The van der Waals surface area contributed by atoms with Crippen LogP contribution in [0.1, 0.15) is 23.6 Å². The van der Waals surface area contributed by atoms with E-state index >= 15 is 0 Å². The maximum Gasteiger partial charge on any atom is 0.243 e. The van der Waals surface area contributed by atoms with Crippen LogP contribution >= 0.6 is 0 Å². The first-order valence-electron chi connectivity index (χ1n) is 7.77. The Labute approximate surface area is 132 Å². The summed E-state index contributed by atoms with van der Waals surface area (Å²) in [6.45, 7) is 6.67. The van der Waals surface area contributed by atoms with Crippen molar-refractivity contribution >= 4 is 17.3 Å². The molecule has 3 heteroatoms. The van der Waals surface area contributed by atoms with Crippen LogP contribution in [0, 0.1) is 13.8 Å². The van der Waals surface area contributed by atoms with Gasteiger partial charge in [-0.15, -0.1) is 0 Å². The molecule has 1 amide bonds. The second kappa shape index (κ2) is 5.84. The zero-order valence-corrected chi connectivity index (χ0v) is 13.4. The van der Waals surface area contributed by atoms with Gasteiger partial charge in [-0.2, -0.15) is 0 Å². The molecule has 0 bridgehead atoms. The lowest BCUT2D eigenvalue weighted by molar-refractivity contribution is -0.115. The number of carbonyl (C=O) groups excluding carboxylic acids is 1. The number of hydrogen-bond acceptors (Lipinski definition) is 2. The van der Waals surface area contributed by atoms with Crippen molar-refractivity contribution in [2.24, 2.45) is 0 Å². The summed E-state index contributed by atoms with van der Waals surface area (Å²) in [5.74, 6) is 0.0391. The standard InChI is InChI=1S/C19H22N2O/c1-13-7-6-9-17(15(13)3)20-19(22)12-21-14(2)11-16-8-4-5-10-18(16)21/h4-10,14H,11-12H2,1-3H3,(H,20,22)/t14-/m0/s1. The first kappa shape index (κ1) is 14.6. The summed E-state index contributed by atoms with van der Waals surface area (Å²) in [4.78, 5) is 14.6. The number of nitrogens with one attached hydrogen (secondary N) is 1. The lowest BCUT2D eigenvalue weighted by Gasteiger charge is -2.24. The largest absolute Gasteiger partial charge is 0.359 e. The highest BCUT2D eigenvalue weighted by Gasteiger charge is 2.27. The molecule has 0 radical (unpaired) electrons. The number of nitrogens with zero attached hydrogens (tertiary/aromatic N) is 1. The molecule has 2 aromatic rings. The topological polar surface area (TPSA) is 32.3 Å². The Morgan fingerprint density at radius 2 is 1.95 bits per heavy atom. The lowest BCUT2D eigenvalue weighted by atomic mass is 10.1. The van der Waals surface area contributed by atoms with Gasteiger partial charge in [0.1, 0.15) is 0 Å². The van der Waals surface area contributed by atoms with Gasteiger partial charge < -0.3 is 10.2 Å². The van der Waals surface area contributed by atoms with E-state index in [0.717, 1.165) is 17.7 Å². The van der Waals surface area contributed by atoms with Crippen molar-refractivity contribution in [1.82, 2.24) is 0 Å². The van der Waals surface area contributed by atoms with E-state index in [0.29, 0.717) is 12.6 Å². The fourth-order valence-corrected chi connectivity index (χ4v) is 3.10. The van der Waals surface area contributed by atoms with Gasteiger partial charge in [0, 0.05) is 17.4 Å². The molecule has 3 nitrogen and oxygen atoms in total. The van der Waals surface area contributed by atoms with Gasteiger partial charge in [0.2, 0.25) is 5.91 Å². The second-order valence-corrected chi connectivity index (χ2v) is 6.11. The highest BCUT2D eigenvalue weighted by molar-refractivity contribution is 5.95. The van der Waals surface area contributed by atoms with E-state index in [4.69, 9.17) is 0 Å². The van der Waals surface area contributed by atoms with Crippen molar-refractivity contribution in [3.05, 3.63) is 59.2 Å². The molecule has 0 saturated heterocycles. The molecule has 114 valence electrons. The molecule has 3 rings (SSSR count). The van der Waals surface area contributed by atoms with Crippen LogP contribution in [-0.2, 0) is 11.2 Å². The van der Waals surface area contributed by atoms with Crippen LogP contribution in [0.3, 0.4) is 0 Å². The molecule has 1 atom stereocenters. The minimum Gasteiger partial charge on any atom is -0.359 e. The van der Waals surface area contributed by atoms with Crippen LogP contribution in [-0.4, -0.2) is 18.5 Å². The molecule has 1 heterocycles. The summed E-state index contributed by atoms with van der Waals surface area (Å²) in [5.41, 5.74) is 5.74. The number of para-hydroxylation sites is 1. The van der Waals surface area contributed by atoms with Crippen LogP contribution in [0.25, 0.3) is 0 Å². The van der Waals surface area contributed by atoms with Gasteiger partial charge in [0.25, 0.3) is 0 Å². The Hall–Kier alpha value is -2.29. The van der Waals surface area contributed by atoms with Gasteiger partial charge in [0.15, 0.2) is 0 Å². The summed E-state index contributed by atoms with van der Waals surface area (Å²) >= 11 is 0. The van der Waals surface area contributed by atoms with E-state index in [1.165, 1.54) is 16.8 Å². The van der Waals surface area contributed by atoms with E-state index in [9.17, 15) is 4.79 Å². The van der Waals surface area contributed by atoms with E-state index in [-0.39, 0.29) is 5.91 Å². The van der Waals surface area contributed by atoms with Gasteiger partial charge in [-0.05, 0) is 56.0 Å². The Balaban J connectivity index is 1.74. The minimum absolute atomic E-state index is 0.0391. The van der Waals surface area contributed by atoms with Crippen molar-refractivity contribution in [1.29, 1.82) is 0 Å². The molecule has 1 N–H and O–H groups in total. The maximum atomic E-state index is 12.4. The number of amides is 1. The molecule has 2 aromatic carbocycles. The highest BCUT2D eigenvalue weighted by atomic mass is 16.2. The van der Waals surface area contributed by atoms with Crippen molar-refractivity contribution < 1.29 is 4.79 Å². The molecule has 0 unspecified atom stereocenters. The van der Waals surface area contributed by atoms with Gasteiger partial charge in [0.05, 0.1) is 6.54 Å². The average molecular weight is 294 g/mol. The monoisotopic (exact) mass is 294 g/mol. The molecule has 0 spiro atoms. The second-order valence-electron chi connectivity index (χ2n) is 6.11. The third-order valence-electron chi connectivity index (χ3n) is 4.54. The molecule has 1 aliphatic rings. The zero-order chi connectivity index (χ0) is 15.7. The number of carbonyl (C=O) groups is 1. The van der Waals surface area contributed by atoms with Crippen LogP contribution in [0.4, 0.5) is 11.4 Å². The summed E-state index contributed by atoms with van der Waals surface area (Å²) in [5, 5.41) is 3.05. The van der Waals surface area contributed by atoms with E-state index < -0.39 is 0 Å². The fourth-order valence-electron chi connectivity index (χ4n) is 3.10. The highest BCUT2D eigenvalue weighted by Crippen LogP contribution is 2.31. The molecular formula is C19H22N2O. The average Bonchev–Trinajstić information content (AvgIpc) is 2.80. The smallest absolute Gasteiger partial charge is 0.243 e. The predicted octanol–water partition coefficient (Wildman–Crippen LogP) is 3.69. The number of aryl methyl sites for hydroxylation is 1. The van der Waals surface area contributed by atoms with Crippen molar-refractivity contribution in [2.75, 3.05) is 16.8 Å². The predicted molar refractivity (Wildman–Crippen MR) is 91.5 cm³/mol. The SMILES string of the molecule is Cc1cccc(NC(=O)CN2c3ccccc3C[C@@H]2C)c1C. The Morgan fingerprint density at radius 3 is 2.77 bits per heavy atom. The van der Waals surface area contributed by atoms with E-state index in [1.807, 2.05) is 25.1 Å². The molecule has 1 aliphatic heterocycles. The summed E-state index contributed by atoms with van der Waals surface area (Å²) < 4.78 is 0. The number of hydrogen-bond donors (Lipinski definition) is 1. The lowest BCUT2D eigenvalue weighted by Crippen LogP contribution is -2.37. The summed E-state index contributed by atoms with van der Waals surface area (Å²) in [7, 11) is 0. The van der Waals surface area contributed by atoms with Crippen LogP contribution in [0.2, 0.25) is 0 Å². The van der Waals surface area contributed by atoms with Crippen molar-refractivity contribution in [3.63, 3.8) is 0 Å². The van der Waals surface area contributed by atoms with E-state index in [2.05, 4.69) is 48.3 Å². The van der Waals surface area contributed by atoms with Crippen LogP contribution in [0.15, 0.2) is 42.5 Å². The molecule has 0 aromatic heterocycles. The number of anilines is 2. The fraction of sp³-hybridized carbons (Fsp3) is 0.316. The van der Waals surface area contributed by atoms with Crippen molar-refractivity contribution in [2.45, 2.75) is 33.2 Å². The first-order chi connectivity index (χ1) is 10.6.